The van der Waals surface area contributed by atoms with Gasteiger partial charge in [0, 0.05) is 13.1 Å². The molecule has 2 heterocycles. The molecular weight excluding hydrogens is 392 g/mol. The van der Waals surface area contributed by atoms with Crippen molar-refractivity contribution < 1.29 is 22.7 Å². The Morgan fingerprint density at radius 3 is 2.59 bits per heavy atom. The molecule has 1 unspecified atom stereocenters. The number of rotatable bonds is 7. The second-order valence-corrected chi connectivity index (χ2v) is 9.18. The molecule has 154 valence electrons. The number of ether oxygens (including phenoxy) is 2. The van der Waals surface area contributed by atoms with Crippen LogP contribution in [0.15, 0.2) is 53.4 Å². The van der Waals surface area contributed by atoms with Crippen LogP contribution in [-0.2, 0) is 10.0 Å². The first kappa shape index (κ1) is 19.7. The Balaban J connectivity index is 1.24. The molecule has 4 rings (SSSR count). The van der Waals surface area contributed by atoms with Crippen LogP contribution >= 0.6 is 0 Å². The molecule has 0 spiro atoms. The van der Waals surface area contributed by atoms with Crippen molar-refractivity contribution in [3.05, 3.63) is 54.1 Å². The second-order valence-electron chi connectivity index (χ2n) is 7.35. The highest BCUT2D eigenvalue weighted by Crippen LogP contribution is 2.31. The van der Waals surface area contributed by atoms with Crippen LogP contribution in [0.2, 0.25) is 0 Å². The van der Waals surface area contributed by atoms with Gasteiger partial charge in [0.15, 0.2) is 11.5 Å². The van der Waals surface area contributed by atoms with Gasteiger partial charge < -0.3 is 14.4 Å². The van der Waals surface area contributed by atoms with Crippen molar-refractivity contribution in [1.29, 1.82) is 0 Å². The van der Waals surface area contributed by atoms with Gasteiger partial charge >= 0.3 is 0 Å². The number of sulfonamides is 1. The Morgan fingerprint density at radius 2 is 1.79 bits per heavy atom. The Labute approximate surface area is 170 Å². The third-order valence-corrected chi connectivity index (χ3v) is 6.99. The zero-order chi connectivity index (χ0) is 20.4. The number of para-hydroxylation sites is 2. The minimum absolute atomic E-state index is 0.0510. The molecule has 0 aromatic heterocycles. The van der Waals surface area contributed by atoms with Crippen molar-refractivity contribution in [2.75, 3.05) is 33.3 Å². The van der Waals surface area contributed by atoms with Crippen molar-refractivity contribution in [2.45, 2.75) is 23.8 Å². The Bertz CT molecular complexity index is 1010. The number of benzene rings is 2. The first-order chi connectivity index (χ1) is 14.0. The molecule has 0 radical (unpaired) electrons. The van der Waals surface area contributed by atoms with E-state index in [0.29, 0.717) is 19.6 Å². The highest BCUT2D eigenvalue weighted by molar-refractivity contribution is 7.90. The normalized spacial score (nSPS) is 19.4. The van der Waals surface area contributed by atoms with Gasteiger partial charge in [0.05, 0.1) is 5.56 Å². The van der Waals surface area contributed by atoms with E-state index in [1.807, 2.05) is 31.3 Å². The summed E-state index contributed by atoms with van der Waals surface area (Å²) in [6.07, 6.45) is 1.33. The molecule has 2 aromatic rings. The fourth-order valence-electron chi connectivity index (χ4n) is 3.68. The first-order valence-electron chi connectivity index (χ1n) is 9.70. The van der Waals surface area contributed by atoms with Crippen LogP contribution in [0.4, 0.5) is 0 Å². The number of nitrogens with zero attached hydrogens (tertiary/aromatic N) is 2. The van der Waals surface area contributed by atoms with Crippen LogP contribution in [-0.4, -0.2) is 62.9 Å². The van der Waals surface area contributed by atoms with E-state index in [0.717, 1.165) is 28.8 Å². The van der Waals surface area contributed by atoms with Gasteiger partial charge in [-0.3, -0.25) is 4.79 Å². The lowest BCUT2D eigenvalue weighted by Crippen LogP contribution is -2.39. The number of hydrogen-bond acceptors (Lipinski definition) is 6. The lowest BCUT2D eigenvalue weighted by Gasteiger charge is -2.29. The van der Waals surface area contributed by atoms with E-state index >= 15 is 0 Å². The van der Waals surface area contributed by atoms with E-state index in [1.165, 1.54) is 6.07 Å². The Morgan fingerprint density at radius 1 is 1.07 bits per heavy atom. The molecule has 1 amide bonds. The van der Waals surface area contributed by atoms with Gasteiger partial charge in [0.1, 0.15) is 17.6 Å². The van der Waals surface area contributed by atoms with E-state index < -0.39 is 15.9 Å². The largest absolute Gasteiger partial charge is 0.486 e. The van der Waals surface area contributed by atoms with Gasteiger partial charge in [-0.1, -0.05) is 24.3 Å². The molecule has 0 saturated heterocycles. The standard InChI is InChI=1S/C21H24N2O5S/c1-22(14-16-15-27-18-9-3-4-10-19(18)28-16)12-6-7-13-23-21(24)17-8-2-5-11-20(17)29(23,25)26/h2-5,8-11,16H,6-7,12-15H2,1H3. The maximum atomic E-state index is 12.6. The van der Waals surface area contributed by atoms with Gasteiger partial charge in [0.2, 0.25) is 0 Å². The zero-order valence-electron chi connectivity index (χ0n) is 16.3. The fourth-order valence-corrected chi connectivity index (χ4v) is 5.29. The lowest BCUT2D eigenvalue weighted by molar-refractivity contribution is 0.0650. The number of fused-ring (bicyclic) bond motifs is 2. The summed E-state index contributed by atoms with van der Waals surface area (Å²) in [5.74, 6) is 1.10. The number of hydrogen-bond donors (Lipinski definition) is 0. The van der Waals surface area contributed by atoms with Crippen molar-refractivity contribution in [3.8, 4) is 11.5 Å². The summed E-state index contributed by atoms with van der Waals surface area (Å²) in [6.45, 7) is 2.18. The Hall–Kier alpha value is -2.58. The van der Waals surface area contributed by atoms with Crippen LogP contribution in [0, 0.1) is 0 Å². The minimum Gasteiger partial charge on any atom is -0.486 e. The van der Waals surface area contributed by atoms with Crippen LogP contribution in [0.5, 0.6) is 11.5 Å². The third kappa shape index (κ3) is 3.95. The molecule has 0 N–H and O–H groups in total. The molecule has 29 heavy (non-hydrogen) atoms. The SMILES string of the molecule is CN(CCCCN1C(=O)c2ccccc2S1(=O)=O)CC1COc2ccccc2O1. The van der Waals surface area contributed by atoms with Crippen LogP contribution in [0.25, 0.3) is 0 Å². The van der Waals surface area contributed by atoms with Crippen molar-refractivity contribution in [2.24, 2.45) is 0 Å². The lowest BCUT2D eigenvalue weighted by atomic mass is 10.2. The van der Waals surface area contributed by atoms with Gasteiger partial charge in [-0.2, -0.15) is 0 Å². The number of carbonyl (C=O) groups is 1. The average molecular weight is 416 g/mol. The minimum atomic E-state index is -3.71. The molecular formula is C21H24N2O5S. The summed E-state index contributed by atoms with van der Waals surface area (Å²) in [5, 5.41) is 0. The molecule has 2 aromatic carbocycles. The highest BCUT2D eigenvalue weighted by Gasteiger charge is 2.40. The summed E-state index contributed by atoms with van der Waals surface area (Å²) in [4.78, 5) is 14.7. The van der Waals surface area contributed by atoms with E-state index in [2.05, 4.69) is 4.90 Å². The van der Waals surface area contributed by atoms with Gasteiger partial charge in [-0.15, -0.1) is 0 Å². The molecule has 7 nitrogen and oxygen atoms in total. The van der Waals surface area contributed by atoms with E-state index in [1.54, 1.807) is 18.2 Å². The highest BCUT2D eigenvalue weighted by atomic mass is 32.2. The van der Waals surface area contributed by atoms with Crippen molar-refractivity contribution >= 4 is 15.9 Å². The average Bonchev–Trinajstić information content (AvgIpc) is 2.91. The molecule has 8 heteroatoms. The third-order valence-electron chi connectivity index (χ3n) is 5.15. The molecule has 0 saturated carbocycles. The predicted molar refractivity (Wildman–Crippen MR) is 108 cm³/mol. The molecule has 1 atom stereocenters. The van der Waals surface area contributed by atoms with Crippen LogP contribution in [0.3, 0.4) is 0 Å². The summed E-state index contributed by atoms with van der Waals surface area (Å²) in [7, 11) is -1.72. The number of amides is 1. The summed E-state index contributed by atoms with van der Waals surface area (Å²) < 4.78 is 37.8. The smallest absolute Gasteiger partial charge is 0.269 e. The fraction of sp³-hybridized carbons (Fsp3) is 0.381. The number of unbranched alkanes of at least 4 members (excludes halogenated alkanes) is 1. The van der Waals surface area contributed by atoms with Crippen molar-refractivity contribution in [3.63, 3.8) is 0 Å². The van der Waals surface area contributed by atoms with Gasteiger partial charge in [-0.25, -0.2) is 12.7 Å². The molecule has 2 aliphatic rings. The second kappa shape index (κ2) is 8.04. The Kier molecular flexibility index (Phi) is 5.47. The summed E-state index contributed by atoms with van der Waals surface area (Å²) >= 11 is 0. The van der Waals surface area contributed by atoms with Crippen molar-refractivity contribution in [1.82, 2.24) is 9.21 Å². The molecule has 2 aliphatic heterocycles. The summed E-state index contributed by atoms with van der Waals surface area (Å²) in [5.41, 5.74) is 0.263. The van der Waals surface area contributed by atoms with E-state index in [-0.39, 0.29) is 23.1 Å². The van der Waals surface area contributed by atoms with E-state index in [4.69, 9.17) is 9.47 Å². The number of carbonyl (C=O) groups excluding carboxylic acids is 1. The van der Waals surface area contributed by atoms with Gasteiger partial charge in [0.25, 0.3) is 15.9 Å². The first-order valence-corrected chi connectivity index (χ1v) is 11.1. The molecule has 0 fully saturated rings. The maximum absolute atomic E-state index is 12.6. The molecule has 0 aliphatic carbocycles. The number of likely N-dealkylation sites (N-methyl/N-ethyl adjacent to an activating group) is 1. The monoisotopic (exact) mass is 416 g/mol. The molecule has 0 bridgehead atoms. The topological polar surface area (TPSA) is 76.2 Å². The maximum Gasteiger partial charge on any atom is 0.269 e. The van der Waals surface area contributed by atoms with E-state index in [9.17, 15) is 13.2 Å². The predicted octanol–water partition coefficient (Wildman–Crippen LogP) is 2.38. The van der Waals surface area contributed by atoms with Gasteiger partial charge in [-0.05, 0) is 50.7 Å². The van der Waals surface area contributed by atoms with Crippen LogP contribution < -0.4 is 9.47 Å². The summed E-state index contributed by atoms with van der Waals surface area (Å²) in [6, 6.07) is 14.0. The zero-order valence-corrected chi connectivity index (χ0v) is 17.1. The quantitative estimate of drug-likeness (QED) is 0.645. The van der Waals surface area contributed by atoms with Crippen LogP contribution in [0.1, 0.15) is 23.2 Å².